The summed E-state index contributed by atoms with van der Waals surface area (Å²) in [6.45, 7) is 8.31. The molecule has 0 unspecified atom stereocenters. The number of aliphatic imine (C=N–C) groups is 1. The first-order valence-corrected chi connectivity index (χ1v) is 8.28. The molecular formula is C18H32N4. The lowest BCUT2D eigenvalue weighted by atomic mass is 10.1. The predicted molar refractivity (Wildman–Crippen MR) is 96.2 cm³/mol. The molecule has 4 nitrogen and oxygen atoms in total. The smallest absolute Gasteiger partial charge is 0.193 e. The molecule has 0 heterocycles. The number of nitrogens with zero attached hydrogens (tertiary/aromatic N) is 3. The summed E-state index contributed by atoms with van der Waals surface area (Å²) in [6.07, 6.45) is 2.39. The van der Waals surface area contributed by atoms with Crippen LogP contribution in [0.15, 0.2) is 29.3 Å². The largest absolute Gasteiger partial charge is 0.352 e. The zero-order valence-corrected chi connectivity index (χ0v) is 14.9. The van der Waals surface area contributed by atoms with Gasteiger partial charge in [0.05, 0.1) is 0 Å². The molecule has 0 radical (unpaired) electrons. The number of unbranched alkanes of at least 4 members (excludes halogenated alkanes) is 1. The number of hydrogen-bond acceptors (Lipinski definition) is 2. The van der Waals surface area contributed by atoms with Gasteiger partial charge in [-0.05, 0) is 31.1 Å². The Morgan fingerprint density at radius 1 is 1.18 bits per heavy atom. The lowest BCUT2D eigenvalue weighted by molar-refractivity contribution is 0.345. The minimum atomic E-state index is 0.812. The van der Waals surface area contributed by atoms with Gasteiger partial charge in [0.1, 0.15) is 0 Å². The van der Waals surface area contributed by atoms with E-state index in [0.29, 0.717) is 0 Å². The molecule has 0 atom stereocenters. The van der Waals surface area contributed by atoms with E-state index in [4.69, 9.17) is 0 Å². The van der Waals surface area contributed by atoms with Crippen LogP contribution in [0.5, 0.6) is 0 Å². The van der Waals surface area contributed by atoms with E-state index in [1.54, 1.807) is 0 Å². The van der Waals surface area contributed by atoms with Gasteiger partial charge >= 0.3 is 0 Å². The van der Waals surface area contributed by atoms with Gasteiger partial charge in [-0.25, -0.2) is 0 Å². The molecule has 0 bridgehead atoms. The van der Waals surface area contributed by atoms with Crippen molar-refractivity contribution in [3.8, 4) is 0 Å². The molecule has 1 aromatic rings. The third-order valence-electron chi connectivity index (χ3n) is 3.85. The van der Waals surface area contributed by atoms with Crippen molar-refractivity contribution in [2.45, 2.75) is 39.8 Å². The lowest BCUT2D eigenvalue weighted by Crippen LogP contribution is -2.38. The Bertz CT molecular complexity index is 456. The van der Waals surface area contributed by atoms with E-state index in [1.807, 2.05) is 7.05 Å². The van der Waals surface area contributed by atoms with Gasteiger partial charge in [-0.2, -0.15) is 0 Å². The quantitative estimate of drug-likeness (QED) is 0.592. The normalized spacial score (nSPS) is 11.8. The van der Waals surface area contributed by atoms with E-state index in [0.717, 1.165) is 32.1 Å². The average Bonchev–Trinajstić information content (AvgIpc) is 2.53. The molecule has 0 aliphatic rings. The van der Waals surface area contributed by atoms with E-state index >= 15 is 0 Å². The summed E-state index contributed by atoms with van der Waals surface area (Å²) in [7, 11) is 6.09. The minimum Gasteiger partial charge on any atom is -0.352 e. The Kier molecular flexibility index (Phi) is 8.60. The Hall–Kier alpha value is -1.55. The summed E-state index contributed by atoms with van der Waals surface area (Å²) in [5.74, 6) is 0.963. The lowest BCUT2D eigenvalue weighted by Gasteiger charge is -2.22. The van der Waals surface area contributed by atoms with Gasteiger partial charge in [-0.1, -0.05) is 44.5 Å². The van der Waals surface area contributed by atoms with Crippen LogP contribution in [0.4, 0.5) is 0 Å². The molecule has 0 fully saturated rings. The maximum atomic E-state index is 4.36. The van der Waals surface area contributed by atoms with Crippen LogP contribution in [0.1, 0.15) is 37.8 Å². The summed E-state index contributed by atoms with van der Waals surface area (Å²) in [5, 5.41) is 3.45. The van der Waals surface area contributed by atoms with Crippen molar-refractivity contribution in [3.63, 3.8) is 0 Å². The molecular weight excluding hydrogens is 272 g/mol. The van der Waals surface area contributed by atoms with E-state index < -0.39 is 0 Å². The van der Waals surface area contributed by atoms with E-state index in [9.17, 15) is 0 Å². The van der Waals surface area contributed by atoms with Crippen LogP contribution < -0.4 is 5.32 Å². The fourth-order valence-corrected chi connectivity index (χ4v) is 2.33. The zero-order chi connectivity index (χ0) is 16.4. The molecule has 0 amide bonds. The van der Waals surface area contributed by atoms with Crippen LogP contribution in [-0.4, -0.2) is 50.0 Å². The van der Waals surface area contributed by atoms with Crippen LogP contribution in [0.2, 0.25) is 0 Å². The Labute approximate surface area is 136 Å². The zero-order valence-electron chi connectivity index (χ0n) is 14.9. The number of rotatable bonds is 8. The topological polar surface area (TPSA) is 30.9 Å². The molecule has 0 aliphatic carbocycles. The number of nitrogens with one attached hydrogen (secondary N) is 1. The maximum absolute atomic E-state index is 4.36. The molecule has 1 aromatic carbocycles. The Morgan fingerprint density at radius 2 is 1.91 bits per heavy atom. The molecule has 1 rings (SSSR count). The summed E-state index contributed by atoms with van der Waals surface area (Å²) < 4.78 is 0. The van der Waals surface area contributed by atoms with Crippen molar-refractivity contribution >= 4 is 5.96 Å². The molecule has 1 N–H and O–H groups in total. The van der Waals surface area contributed by atoms with Crippen molar-refractivity contribution < 1.29 is 0 Å². The molecule has 0 spiro atoms. The highest BCUT2D eigenvalue weighted by atomic mass is 15.3. The van der Waals surface area contributed by atoms with Crippen LogP contribution in [-0.2, 0) is 13.1 Å². The fourth-order valence-electron chi connectivity index (χ4n) is 2.33. The van der Waals surface area contributed by atoms with Gasteiger partial charge in [-0.3, -0.25) is 4.99 Å². The molecule has 4 heteroatoms. The van der Waals surface area contributed by atoms with Gasteiger partial charge in [0, 0.05) is 33.7 Å². The number of hydrogen-bond donors (Lipinski definition) is 1. The Balaban J connectivity index is 2.57. The van der Waals surface area contributed by atoms with Crippen molar-refractivity contribution in [1.82, 2.24) is 15.1 Å². The number of benzene rings is 1. The fraction of sp³-hybridized carbons (Fsp3) is 0.611. The van der Waals surface area contributed by atoms with E-state index in [1.165, 1.54) is 24.0 Å². The van der Waals surface area contributed by atoms with Crippen molar-refractivity contribution in [3.05, 3.63) is 35.4 Å². The van der Waals surface area contributed by atoms with Crippen LogP contribution in [0, 0.1) is 0 Å². The van der Waals surface area contributed by atoms with Crippen molar-refractivity contribution in [2.24, 2.45) is 4.99 Å². The molecule has 0 saturated carbocycles. The second kappa shape index (κ2) is 10.2. The summed E-state index contributed by atoms with van der Waals surface area (Å²) >= 11 is 0. The molecule has 0 aliphatic heterocycles. The van der Waals surface area contributed by atoms with E-state index in [2.05, 4.69) is 72.3 Å². The van der Waals surface area contributed by atoms with Crippen molar-refractivity contribution in [1.29, 1.82) is 0 Å². The van der Waals surface area contributed by atoms with Gasteiger partial charge in [0.25, 0.3) is 0 Å². The average molecular weight is 304 g/mol. The Morgan fingerprint density at radius 3 is 2.55 bits per heavy atom. The first-order chi connectivity index (χ1) is 10.6. The SMILES string of the molecule is CCCCN(C)C(=NC)NCc1cccc(CN(C)CC)c1. The van der Waals surface area contributed by atoms with E-state index in [-0.39, 0.29) is 0 Å². The highest BCUT2D eigenvalue weighted by molar-refractivity contribution is 5.79. The van der Waals surface area contributed by atoms with Crippen molar-refractivity contribution in [2.75, 3.05) is 34.2 Å². The summed E-state index contributed by atoms with van der Waals surface area (Å²) in [6, 6.07) is 8.78. The van der Waals surface area contributed by atoms with Gasteiger partial charge in [-0.15, -0.1) is 0 Å². The molecule has 124 valence electrons. The highest BCUT2D eigenvalue weighted by Gasteiger charge is 2.05. The first kappa shape index (κ1) is 18.5. The summed E-state index contributed by atoms with van der Waals surface area (Å²) in [4.78, 5) is 8.87. The first-order valence-electron chi connectivity index (χ1n) is 8.28. The third-order valence-corrected chi connectivity index (χ3v) is 3.85. The van der Waals surface area contributed by atoms with Gasteiger partial charge in [0.2, 0.25) is 0 Å². The monoisotopic (exact) mass is 304 g/mol. The predicted octanol–water partition coefficient (Wildman–Crippen LogP) is 2.95. The third kappa shape index (κ3) is 6.48. The molecule has 0 aromatic heterocycles. The molecule has 0 saturated heterocycles. The van der Waals surface area contributed by atoms with Crippen LogP contribution in [0.3, 0.4) is 0 Å². The van der Waals surface area contributed by atoms with Crippen LogP contribution >= 0.6 is 0 Å². The van der Waals surface area contributed by atoms with Gasteiger partial charge < -0.3 is 15.1 Å². The highest BCUT2D eigenvalue weighted by Crippen LogP contribution is 2.08. The second-order valence-corrected chi connectivity index (χ2v) is 5.83. The van der Waals surface area contributed by atoms with Gasteiger partial charge in [0.15, 0.2) is 5.96 Å². The molecule has 22 heavy (non-hydrogen) atoms. The maximum Gasteiger partial charge on any atom is 0.193 e. The number of guanidine groups is 1. The summed E-state index contributed by atoms with van der Waals surface area (Å²) in [5.41, 5.74) is 2.66. The standard InChI is InChI=1S/C18H32N4/c1-6-8-12-22(5)18(19-3)20-14-16-10-9-11-17(13-16)15-21(4)7-2/h9-11,13H,6-8,12,14-15H2,1-5H3,(H,19,20). The second-order valence-electron chi connectivity index (χ2n) is 5.83. The van der Waals surface area contributed by atoms with Crippen LogP contribution in [0.25, 0.3) is 0 Å². The minimum absolute atomic E-state index is 0.812.